The lowest BCUT2D eigenvalue weighted by molar-refractivity contribution is -0.140. The summed E-state index contributed by atoms with van der Waals surface area (Å²) in [5.41, 5.74) is 1.85. The van der Waals surface area contributed by atoms with Crippen LogP contribution < -0.4 is 10.3 Å². The van der Waals surface area contributed by atoms with Gasteiger partial charge in [-0.05, 0) is 59.6 Å². The second kappa shape index (κ2) is 9.02. The first-order valence-electron chi connectivity index (χ1n) is 10.0. The van der Waals surface area contributed by atoms with Crippen molar-refractivity contribution in [2.75, 3.05) is 13.1 Å². The number of H-pyrrole nitrogens is 1. The van der Waals surface area contributed by atoms with E-state index in [2.05, 4.69) is 38.1 Å². The van der Waals surface area contributed by atoms with Crippen LogP contribution in [0.2, 0.25) is 0 Å². The molecular formula is C23H24BrN3O3. The Morgan fingerprint density at radius 3 is 2.23 bits per heavy atom. The molecule has 2 aromatic carbocycles. The number of esters is 1. The molecule has 1 aliphatic rings. The summed E-state index contributed by atoms with van der Waals surface area (Å²) in [5, 5.41) is 2.83. The van der Waals surface area contributed by atoms with E-state index in [9.17, 15) is 9.59 Å². The van der Waals surface area contributed by atoms with Gasteiger partial charge in [0, 0.05) is 7.05 Å². The highest BCUT2D eigenvalue weighted by Crippen LogP contribution is 2.35. The Kier molecular flexibility index (Phi) is 6.20. The molecule has 2 heterocycles. The summed E-state index contributed by atoms with van der Waals surface area (Å²) in [7, 11) is 1.85. The molecule has 1 N–H and O–H groups in total. The van der Waals surface area contributed by atoms with Crippen LogP contribution in [0.25, 0.3) is 0 Å². The first kappa shape index (κ1) is 20.6. The molecule has 30 heavy (non-hydrogen) atoms. The summed E-state index contributed by atoms with van der Waals surface area (Å²) in [6.45, 7) is 1.47. The van der Waals surface area contributed by atoms with Crippen molar-refractivity contribution in [3.8, 4) is 5.75 Å². The number of hydrogen-bond donors (Lipinski definition) is 1. The van der Waals surface area contributed by atoms with Crippen LogP contribution in [0.3, 0.4) is 0 Å². The van der Waals surface area contributed by atoms with Gasteiger partial charge in [-0.3, -0.25) is 24.3 Å². The normalized spacial score (nSPS) is 16.3. The van der Waals surface area contributed by atoms with Gasteiger partial charge in [0.2, 0.25) is 0 Å². The van der Waals surface area contributed by atoms with Crippen LogP contribution in [0.5, 0.6) is 5.75 Å². The number of hydrogen-bond acceptors (Lipinski definition) is 4. The third kappa shape index (κ3) is 4.27. The standard InChI is InChI=1S/C23H24BrN3O3/c1-26-21(19(24)22(28)25-26)20(16-8-4-2-5-9-16)27-14-12-17(13-15-27)23(29)30-18-10-6-3-7-11-18/h2-11,17,20H,12-15H2,1H3,(H,25,28). The van der Waals surface area contributed by atoms with Crippen molar-refractivity contribution in [2.45, 2.75) is 18.9 Å². The molecule has 1 aliphatic heterocycles. The lowest BCUT2D eigenvalue weighted by atomic mass is 9.93. The number of aromatic nitrogens is 2. The number of aromatic amines is 1. The van der Waals surface area contributed by atoms with Crippen LogP contribution in [0.15, 0.2) is 69.9 Å². The zero-order chi connectivity index (χ0) is 21.1. The molecule has 4 rings (SSSR count). The summed E-state index contributed by atoms with van der Waals surface area (Å²) in [6, 6.07) is 19.2. The van der Waals surface area contributed by atoms with Crippen LogP contribution in [0, 0.1) is 5.92 Å². The van der Waals surface area contributed by atoms with E-state index in [1.54, 1.807) is 16.8 Å². The maximum absolute atomic E-state index is 12.6. The van der Waals surface area contributed by atoms with Crippen LogP contribution in [0.4, 0.5) is 0 Å². The molecule has 0 bridgehead atoms. The summed E-state index contributed by atoms with van der Waals surface area (Å²) < 4.78 is 7.87. The Morgan fingerprint density at radius 1 is 1.07 bits per heavy atom. The smallest absolute Gasteiger partial charge is 0.314 e. The summed E-state index contributed by atoms with van der Waals surface area (Å²) in [6.07, 6.45) is 1.43. The zero-order valence-electron chi connectivity index (χ0n) is 16.8. The first-order valence-corrected chi connectivity index (χ1v) is 10.8. The number of rotatable bonds is 5. The predicted molar refractivity (Wildman–Crippen MR) is 118 cm³/mol. The van der Waals surface area contributed by atoms with Crippen LogP contribution in [-0.4, -0.2) is 33.7 Å². The molecular weight excluding hydrogens is 446 g/mol. The SMILES string of the molecule is Cn1[nH]c(=O)c(Br)c1C(c1ccccc1)N1CCC(C(=O)Oc2ccccc2)CC1. The molecule has 1 unspecified atom stereocenters. The van der Waals surface area contributed by atoms with E-state index in [1.807, 2.05) is 43.4 Å². The van der Waals surface area contributed by atoms with E-state index < -0.39 is 0 Å². The second-order valence-corrected chi connectivity index (χ2v) is 8.35. The molecule has 0 spiro atoms. The zero-order valence-corrected chi connectivity index (χ0v) is 18.3. The highest BCUT2D eigenvalue weighted by molar-refractivity contribution is 9.10. The molecule has 0 radical (unpaired) electrons. The molecule has 156 valence electrons. The lowest BCUT2D eigenvalue weighted by Gasteiger charge is -2.37. The summed E-state index contributed by atoms with van der Waals surface area (Å²) >= 11 is 3.47. The quantitative estimate of drug-likeness (QED) is 0.454. The fourth-order valence-electron chi connectivity index (χ4n) is 4.09. The summed E-state index contributed by atoms with van der Waals surface area (Å²) in [4.78, 5) is 27.1. The molecule has 1 aromatic heterocycles. The van der Waals surface area contributed by atoms with Crippen LogP contribution in [-0.2, 0) is 11.8 Å². The first-order chi connectivity index (χ1) is 14.5. The molecule has 7 heteroatoms. The van der Waals surface area contributed by atoms with Crippen molar-refractivity contribution in [3.63, 3.8) is 0 Å². The fraction of sp³-hybridized carbons (Fsp3) is 0.304. The number of carbonyl (C=O) groups is 1. The van der Waals surface area contributed by atoms with E-state index in [0.29, 0.717) is 23.1 Å². The van der Waals surface area contributed by atoms with Crippen molar-refractivity contribution >= 4 is 21.9 Å². The number of nitrogens with one attached hydrogen (secondary N) is 1. The maximum atomic E-state index is 12.6. The highest BCUT2D eigenvalue weighted by Gasteiger charge is 2.34. The predicted octanol–water partition coefficient (Wildman–Crippen LogP) is 3.88. The Bertz CT molecular complexity index is 1050. The molecule has 3 aromatic rings. The van der Waals surface area contributed by atoms with Gasteiger partial charge in [0.1, 0.15) is 10.2 Å². The number of piperidine rings is 1. The number of carbonyl (C=O) groups excluding carboxylic acids is 1. The Hall–Kier alpha value is -2.64. The number of aryl methyl sites for hydroxylation is 1. The number of halogens is 1. The third-order valence-corrected chi connectivity index (χ3v) is 6.39. The van der Waals surface area contributed by atoms with Crippen molar-refractivity contribution in [2.24, 2.45) is 13.0 Å². The minimum atomic E-state index is -0.174. The van der Waals surface area contributed by atoms with Gasteiger partial charge in [-0.25, -0.2) is 0 Å². The van der Waals surface area contributed by atoms with Crippen molar-refractivity contribution in [3.05, 3.63) is 86.7 Å². The monoisotopic (exact) mass is 469 g/mol. The van der Waals surface area contributed by atoms with Crippen molar-refractivity contribution < 1.29 is 9.53 Å². The topological polar surface area (TPSA) is 67.3 Å². The van der Waals surface area contributed by atoms with Gasteiger partial charge in [0.25, 0.3) is 5.56 Å². The molecule has 1 fully saturated rings. The van der Waals surface area contributed by atoms with Crippen LogP contribution in [0.1, 0.15) is 30.1 Å². The number of likely N-dealkylation sites (tertiary alicyclic amines) is 1. The van der Waals surface area contributed by atoms with E-state index in [1.165, 1.54) is 0 Å². The lowest BCUT2D eigenvalue weighted by Crippen LogP contribution is -2.40. The van der Waals surface area contributed by atoms with Gasteiger partial charge < -0.3 is 4.74 Å². The number of ether oxygens (including phenoxy) is 1. The van der Waals surface area contributed by atoms with Crippen molar-refractivity contribution in [1.82, 2.24) is 14.7 Å². The fourth-order valence-corrected chi connectivity index (χ4v) is 4.66. The molecule has 1 saturated heterocycles. The van der Waals surface area contributed by atoms with Gasteiger partial charge in [-0.2, -0.15) is 0 Å². The molecule has 0 amide bonds. The average molecular weight is 470 g/mol. The minimum Gasteiger partial charge on any atom is -0.426 e. The number of benzene rings is 2. The van der Waals surface area contributed by atoms with Gasteiger partial charge in [0.15, 0.2) is 0 Å². The Balaban J connectivity index is 1.53. The van der Waals surface area contributed by atoms with E-state index in [4.69, 9.17) is 4.74 Å². The largest absolute Gasteiger partial charge is 0.426 e. The van der Waals surface area contributed by atoms with Gasteiger partial charge in [-0.15, -0.1) is 0 Å². The molecule has 0 aliphatic carbocycles. The minimum absolute atomic E-state index is 0.0874. The second-order valence-electron chi connectivity index (χ2n) is 7.56. The van der Waals surface area contributed by atoms with E-state index in [-0.39, 0.29) is 23.5 Å². The molecule has 0 saturated carbocycles. The van der Waals surface area contributed by atoms with Crippen LogP contribution >= 0.6 is 15.9 Å². The third-order valence-electron chi connectivity index (χ3n) is 5.62. The van der Waals surface area contributed by atoms with Crippen molar-refractivity contribution in [1.29, 1.82) is 0 Å². The maximum Gasteiger partial charge on any atom is 0.314 e. The molecule has 6 nitrogen and oxygen atoms in total. The Labute approximate surface area is 183 Å². The van der Waals surface area contributed by atoms with E-state index in [0.717, 1.165) is 24.3 Å². The molecule has 1 atom stereocenters. The van der Waals surface area contributed by atoms with Gasteiger partial charge >= 0.3 is 5.97 Å². The highest BCUT2D eigenvalue weighted by atomic mass is 79.9. The number of para-hydroxylation sites is 1. The van der Waals surface area contributed by atoms with Gasteiger partial charge in [0.05, 0.1) is 17.7 Å². The Morgan fingerprint density at radius 2 is 1.67 bits per heavy atom. The summed E-state index contributed by atoms with van der Waals surface area (Å²) in [5.74, 6) is 0.280. The average Bonchev–Trinajstić information content (AvgIpc) is 3.02. The van der Waals surface area contributed by atoms with E-state index >= 15 is 0 Å². The number of nitrogens with zero attached hydrogens (tertiary/aromatic N) is 2. The van der Waals surface area contributed by atoms with Gasteiger partial charge in [-0.1, -0.05) is 48.5 Å².